The zero-order valence-corrected chi connectivity index (χ0v) is 13.7. The molecule has 0 radical (unpaired) electrons. The Hall–Kier alpha value is -2.79. The number of rotatable bonds is 6. The second-order valence-corrected chi connectivity index (χ2v) is 5.72. The minimum Gasteiger partial charge on any atom is -0.497 e. The van der Waals surface area contributed by atoms with Gasteiger partial charge in [0.1, 0.15) is 17.1 Å². The summed E-state index contributed by atoms with van der Waals surface area (Å²) in [5, 5.41) is 4.11. The maximum atomic E-state index is 11.1. The fourth-order valence-electron chi connectivity index (χ4n) is 2.49. The number of furan rings is 1. The number of methoxy groups -OCH3 is 1. The highest BCUT2D eigenvalue weighted by Crippen LogP contribution is 2.30. The first kappa shape index (κ1) is 16.1. The Morgan fingerprint density at radius 3 is 2.83 bits per heavy atom. The van der Waals surface area contributed by atoms with Gasteiger partial charge in [-0.15, -0.1) is 0 Å². The molecule has 24 heavy (non-hydrogen) atoms. The van der Waals surface area contributed by atoms with Crippen molar-refractivity contribution >= 4 is 16.9 Å². The van der Waals surface area contributed by atoms with E-state index in [1.807, 2.05) is 48.5 Å². The number of carbonyl (C=O) groups is 1. The van der Waals surface area contributed by atoms with Gasteiger partial charge in [0.25, 0.3) is 0 Å². The van der Waals surface area contributed by atoms with Gasteiger partial charge in [-0.25, -0.2) is 0 Å². The van der Waals surface area contributed by atoms with Crippen LogP contribution in [0.15, 0.2) is 52.9 Å². The number of hydrogen-bond acceptors (Lipinski definition) is 4. The van der Waals surface area contributed by atoms with Crippen LogP contribution in [0.4, 0.5) is 0 Å². The van der Waals surface area contributed by atoms with Crippen molar-refractivity contribution < 1.29 is 13.9 Å². The molecule has 0 bridgehead atoms. The van der Waals surface area contributed by atoms with Crippen molar-refractivity contribution in [2.75, 3.05) is 7.11 Å². The van der Waals surface area contributed by atoms with E-state index in [-0.39, 0.29) is 11.9 Å². The number of fused-ring (bicyclic) bond motifs is 1. The number of hydrogen-bond donors (Lipinski definition) is 2. The number of ether oxygens (including phenoxy) is 1. The van der Waals surface area contributed by atoms with Gasteiger partial charge in [0.2, 0.25) is 5.91 Å². The minimum absolute atomic E-state index is 0.361. The van der Waals surface area contributed by atoms with E-state index in [9.17, 15) is 4.79 Å². The van der Waals surface area contributed by atoms with Crippen molar-refractivity contribution in [3.63, 3.8) is 0 Å². The minimum atomic E-state index is -0.364. The summed E-state index contributed by atoms with van der Waals surface area (Å²) in [4.78, 5) is 11.1. The van der Waals surface area contributed by atoms with Crippen molar-refractivity contribution in [1.82, 2.24) is 5.32 Å². The van der Waals surface area contributed by atoms with Crippen LogP contribution in [0.1, 0.15) is 12.5 Å². The van der Waals surface area contributed by atoms with E-state index in [1.165, 1.54) is 0 Å². The summed E-state index contributed by atoms with van der Waals surface area (Å²) in [6.45, 7) is 2.32. The van der Waals surface area contributed by atoms with E-state index in [4.69, 9.17) is 14.9 Å². The zero-order valence-electron chi connectivity index (χ0n) is 13.7. The molecule has 3 N–H and O–H groups in total. The van der Waals surface area contributed by atoms with Crippen molar-refractivity contribution in [1.29, 1.82) is 0 Å². The Morgan fingerprint density at radius 2 is 2.08 bits per heavy atom. The second kappa shape index (κ2) is 6.76. The van der Waals surface area contributed by atoms with E-state index in [0.29, 0.717) is 6.54 Å². The van der Waals surface area contributed by atoms with Crippen LogP contribution >= 0.6 is 0 Å². The summed E-state index contributed by atoms with van der Waals surface area (Å²) in [5.41, 5.74) is 8.10. The molecular weight excluding hydrogens is 304 g/mol. The van der Waals surface area contributed by atoms with Gasteiger partial charge in [-0.1, -0.05) is 18.2 Å². The number of amides is 1. The third-order valence-electron chi connectivity index (χ3n) is 3.97. The zero-order chi connectivity index (χ0) is 17.1. The van der Waals surface area contributed by atoms with Crippen LogP contribution in [-0.4, -0.2) is 19.1 Å². The number of benzene rings is 2. The predicted octanol–water partition coefficient (Wildman–Crippen LogP) is 3.07. The summed E-state index contributed by atoms with van der Waals surface area (Å²) >= 11 is 0. The van der Waals surface area contributed by atoms with E-state index < -0.39 is 0 Å². The van der Waals surface area contributed by atoms with Gasteiger partial charge >= 0.3 is 0 Å². The molecule has 0 saturated heterocycles. The molecule has 3 rings (SSSR count). The van der Waals surface area contributed by atoms with Crippen LogP contribution in [-0.2, 0) is 11.3 Å². The molecule has 1 heterocycles. The molecule has 1 atom stereocenters. The molecule has 5 nitrogen and oxygen atoms in total. The van der Waals surface area contributed by atoms with E-state index in [1.54, 1.807) is 14.0 Å². The molecule has 1 amide bonds. The summed E-state index contributed by atoms with van der Waals surface area (Å²) in [6, 6.07) is 15.3. The molecule has 0 aliphatic rings. The maximum absolute atomic E-state index is 11.1. The van der Waals surface area contributed by atoms with Gasteiger partial charge in [0, 0.05) is 17.5 Å². The summed E-state index contributed by atoms with van der Waals surface area (Å²) in [7, 11) is 1.64. The largest absolute Gasteiger partial charge is 0.497 e. The number of carbonyl (C=O) groups excluding carboxylic acids is 1. The molecule has 0 fully saturated rings. The average molecular weight is 324 g/mol. The normalized spacial score (nSPS) is 12.2. The van der Waals surface area contributed by atoms with Crippen LogP contribution in [0.2, 0.25) is 0 Å². The number of primary amides is 1. The van der Waals surface area contributed by atoms with Crippen molar-refractivity contribution in [3.05, 3.63) is 54.1 Å². The molecule has 0 aliphatic heterocycles. The maximum Gasteiger partial charge on any atom is 0.234 e. The highest BCUT2D eigenvalue weighted by molar-refractivity contribution is 5.83. The van der Waals surface area contributed by atoms with Crippen LogP contribution in [0, 0.1) is 0 Å². The standard InChI is InChI=1S/C19H20N2O3/c1-12(19(20)22)21-11-13-6-7-17-15(8-13)10-18(24-17)14-4-3-5-16(9-14)23-2/h3-10,12,21H,11H2,1-2H3,(H2,20,22)/t12-/m0/s1. The fraction of sp³-hybridized carbons (Fsp3) is 0.211. The molecule has 3 aromatic rings. The van der Waals surface area contributed by atoms with Crippen molar-refractivity contribution in [2.24, 2.45) is 5.73 Å². The Kier molecular flexibility index (Phi) is 4.53. The van der Waals surface area contributed by atoms with E-state index in [2.05, 4.69) is 5.32 Å². The fourth-order valence-corrected chi connectivity index (χ4v) is 2.49. The van der Waals surface area contributed by atoms with Gasteiger partial charge in [-0.2, -0.15) is 0 Å². The smallest absolute Gasteiger partial charge is 0.234 e. The summed E-state index contributed by atoms with van der Waals surface area (Å²) < 4.78 is 11.2. The lowest BCUT2D eigenvalue weighted by Crippen LogP contribution is -2.38. The molecular formula is C19H20N2O3. The Morgan fingerprint density at radius 1 is 1.25 bits per heavy atom. The molecule has 1 aromatic heterocycles. The van der Waals surface area contributed by atoms with E-state index in [0.717, 1.165) is 33.6 Å². The molecule has 5 heteroatoms. The van der Waals surface area contributed by atoms with Gasteiger partial charge in [-0.3, -0.25) is 4.79 Å². The Bertz CT molecular complexity index is 870. The van der Waals surface area contributed by atoms with Crippen LogP contribution in [0.3, 0.4) is 0 Å². The average Bonchev–Trinajstić information content (AvgIpc) is 3.02. The SMILES string of the molecule is COc1cccc(-c2cc3cc(CN[C@@H](C)C(N)=O)ccc3o2)c1. The van der Waals surface area contributed by atoms with Gasteiger partial charge < -0.3 is 20.2 Å². The lowest BCUT2D eigenvalue weighted by Gasteiger charge is -2.09. The summed E-state index contributed by atoms with van der Waals surface area (Å²) in [5.74, 6) is 1.22. The third kappa shape index (κ3) is 3.41. The van der Waals surface area contributed by atoms with Crippen LogP contribution in [0.25, 0.3) is 22.3 Å². The van der Waals surface area contributed by atoms with Gasteiger partial charge in [-0.05, 0) is 42.8 Å². The summed E-state index contributed by atoms with van der Waals surface area (Å²) in [6.07, 6.45) is 0. The highest BCUT2D eigenvalue weighted by atomic mass is 16.5. The molecule has 0 aliphatic carbocycles. The van der Waals surface area contributed by atoms with E-state index >= 15 is 0 Å². The van der Waals surface area contributed by atoms with Gasteiger partial charge in [0.15, 0.2) is 0 Å². The first-order chi connectivity index (χ1) is 11.6. The number of nitrogens with one attached hydrogen (secondary N) is 1. The van der Waals surface area contributed by atoms with Crippen molar-refractivity contribution in [2.45, 2.75) is 19.5 Å². The molecule has 0 unspecified atom stereocenters. The van der Waals surface area contributed by atoms with Crippen molar-refractivity contribution in [3.8, 4) is 17.1 Å². The molecule has 0 spiro atoms. The second-order valence-electron chi connectivity index (χ2n) is 5.72. The number of nitrogens with two attached hydrogens (primary N) is 1. The first-order valence-electron chi connectivity index (χ1n) is 7.76. The molecule has 124 valence electrons. The van der Waals surface area contributed by atoms with Crippen LogP contribution in [0.5, 0.6) is 5.75 Å². The van der Waals surface area contributed by atoms with Crippen LogP contribution < -0.4 is 15.8 Å². The molecule has 2 aromatic carbocycles. The lowest BCUT2D eigenvalue weighted by atomic mass is 10.1. The quantitative estimate of drug-likeness (QED) is 0.730. The Labute approximate surface area is 140 Å². The monoisotopic (exact) mass is 324 g/mol. The third-order valence-corrected chi connectivity index (χ3v) is 3.97. The predicted molar refractivity (Wildman–Crippen MR) is 93.7 cm³/mol. The Balaban J connectivity index is 1.84. The van der Waals surface area contributed by atoms with Gasteiger partial charge in [0.05, 0.1) is 13.2 Å². The molecule has 0 saturated carbocycles. The lowest BCUT2D eigenvalue weighted by molar-refractivity contribution is -0.119. The first-order valence-corrected chi connectivity index (χ1v) is 7.76. The highest BCUT2D eigenvalue weighted by Gasteiger charge is 2.10. The topological polar surface area (TPSA) is 77.5 Å².